The van der Waals surface area contributed by atoms with E-state index < -0.39 is 6.10 Å². The van der Waals surface area contributed by atoms with Crippen LogP contribution in [0.3, 0.4) is 0 Å². The van der Waals surface area contributed by atoms with Crippen LogP contribution in [0.15, 0.2) is 48.8 Å². The molecule has 0 bridgehead atoms. The van der Waals surface area contributed by atoms with E-state index in [9.17, 15) is 5.11 Å². The maximum atomic E-state index is 11.1. The van der Waals surface area contributed by atoms with Gasteiger partial charge in [0.25, 0.3) is 0 Å². The molecule has 1 aromatic carbocycles. The molecular weight excluding hydrogens is 260 g/mol. The predicted octanol–water partition coefficient (Wildman–Crippen LogP) is 3.60. The molecule has 2 aromatic rings. The van der Waals surface area contributed by atoms with Gasteiger partial charge in [0.05, 0.1) is 6.10 Å². The lowest BCUT2D eigenvalue weighted by Gasteiger charge is -2.42. The first-order valence-corrected chi connectivity index (χ1v) is 7.67. The Morgan fingerprint density at radius 2 is 1.76 bits per heavy atom. The molecule has 1 atom stereocenters. The first-order chi connectivity index (χ1) is 10.2. The van der Waals surface area contributed by atoms with Crippen molar-refractivity contribution >= 4 is 5.69 Å². The third kappa shape index (κ3) is 2.54. The summed E-state index contributed by atoms with van der Waals surface area (Å²) in [4.78, 5) is 4.15. The molecule has 1 aliphatic carbocycles. The smallest absolute Gasteiger partial charge is 0.0921 e. The van der Waals surface area contributed by atoms with E-state index in [0.29, 0.717) is 5.69 Å². The highest BCUT2D eigenvalue weighted by Crippen LogP contribution is 2.48. The second-order valence-corrected chi connectivity index (χ2v) is 5.99. The van der Waals surface area contributed by atoms with Gasteiger partial charge in [-0.15, -0.1) is 0 Å². The van der Waals surface area contributed by atoms with E-state index in [2.05, 4.69) is 17.1 Å². The van der Waals surface area contributed by atoms with Crippen molar-refractivity contribution in [3.63, 3.8) is 0 Å². The monoisotopic (exact) mass is 282 g/mol. The molecule has 1 unspecified atom stereocenters. The van der Waals surface area contributed by atoms with Crippen LogP contribution in [-0.2, 0) is 5.41 Å². The molecule has 3 nitrogen and oxygen atoms in total. The molecule has 1 aliphatic rings. The number of hydrogen-bond donors (Lipinski definition) is 2. The first-order valence-electron chi connectivity index (χ1n) is 7.67. The number of nitrogen functional groups attached to an aromatic ring is 1. The second kappa shape index (κ2) is 5.86. The lowest BCUT2D eigenvalue weighted by atomic mass is 9.64. The fraction of sp³-hybridized carbons (Fsp3) is 0.389. The van der Waals surface area contributed by atoms with Gasteiger partial charge in [-0.1, -0.05) is 49.6 Å². The molecular formula is C18H22N2O. The van der Waals surface area contributed by atoms with Crippen molar-refractivity contribution in [3.05, 3.63) is 59.9 Å². The summed E-state index contributed by atoms with van der Waals surface area (Å²) >= 11 is 0. The van der Waals surface area contributed by atoms with Crippen LogP contribution in [0, 0.1) is 0 Å². The Hall–Kier alpha value is -1.87. The third-order valence-electron chi connectivity index (χ3n) is 4.80. The van der Waals surface area contributed by atoms with Crippen LogP contribution in [0.5, 0.6) is 0 Å². The summed E-state index contributed by atoms with van der Waals surface area (Å²) in [6.45, 7) is 0. The zero-order chi connectivity index (χ0) is 14.7. The minimum absolute atomic E-state index is 0.239. The van der Waals surface area contributed by atoms with Crippen LogP contribution in [0.2, 0.25) is 0 Å². The Kier molecular flexibility index (Phi) is 3.93. The van der Waals surface area contributed by atoms with Crippen LogP contribution in [0.4, 0.5) is 5.69 Å². The Morgan fingerprint density at radius 3 is 2.43 bits per heavy atom. The SMILES string of the molecule is Nc1ccncc1C(O)C1(c2ccccc2)CCCCC1. The number of aliphatic hydroxyl groups is 1. The average molecular weight is 282 g/mol. The van der Waals surface area contributed by atoms with Crippen LogP contribution in [-0.4, -0.2) is 10.1 Å². The van der Waals surface area contributed by atoms with Crippen molar-refractivity contribution in [2.24, 2.45) is 0 Å². The number of rotatable bonds is 3. The van der Waals surface area contributed by atoms with Crippen molar-refractivity contribution < 1.29 is 5.11 Å². The maximum Gasteiger partial charge on any atom is 0.0921 e. The number of nitrogens with two attached hydrogens (primary N) is 1. The topological polar surface area (TPSA) is 59.1 Å². The quantitative estimate of drug-likeness (QED) is 0.904. The molecule has 3 rings (SSSR count). The van der Waals surface area contributed by atoms with E-state index in [1.54, 1.807) is 18.5 Å². The Bertz CT molecular complexity index is 591. The molecule has 1 heterocycles. The van der Waals surface area contributed by atoms with Crippen LogP contribution < -0.4 is 5.73 Å². The summed E-state index contributed by atoms with van der Waals surface area (Å²) in [6, 6.07) is 12.1. The lowest BCUT2D eigenvalue weighted by molar-refractivity contribution is 0.0531. The van der Waals surface area contributed by atoms with Crippen molar-refractivity contribution in [2.75, 3.05) is 5.73 Å². The van der Waals surface area contributed by atoms with Gasteiger partial charge in [0.2, 0.25) is 0 Å². The molecule has 110 valence electrons. The van der Waals surface area contributed by atoms with Gasteiger partial charge in [0.1, 0.15) is 0 Å². The van der Waals surface area contributed by atoms with Gasteiger partial charge >= 0.3 is 0 Å². The number of aromatic nitrogens is 1. The van der Waals surface area contributed by atoms with Crippen molar-refractivity contribution in [3.8, 4) is 0 Å². The van der Waals surface area contributed by atoms with Crippen molar-refractivity contribution in [2.45, 2.75) is 43.6 Å². The van der Waals surface area contributed by atoms with Gasteiger partial charge in [-0.25, -0.2) is 0 Å². The molecule has 1 fully saturated rings. The highest BCUT2D eigenvalue weighted by molar-refractivity contribution is 5.48. The molecule has 1 saturated carbocycles. The number of benzene rings is 1. The number of anilines is 1. The highest BCUT2D eigenvalue weighted by atomic mass is 16.3. The summed E-state index contributed by atoms with van der Waals surface area (Å²) in [5.41, 5.74) is 8.41. The van der Waals surface area contributed by atoms with E-state index in [-0.39, 0.29) is 5.41 Å². The summed E-state index contributed by atoms with van der Waals surface area (Å²) in [6.07, 6.45) is 8.29. The van der Waals surface area contributed by atoms with E-state index >= 15 is 0 Å². The number of nitrogens with zero attached hydrogens (tertiary/aromatic N) is 1. The molecule has 0 saturated heterocycles. The average Bonchev–Trinajstić information content (AvgIpc) is 2.56. The molecule has 1 aromatic heterocycles. The second-order valence-electron chi connectivity index (χ2n) is 5.99. The van der Waals surface area contributed by atoms with Gasteiger partial charge in [0.15, 0.2) is 0 Å². The summed E-state index contributed by atoms with van der Waals surface area (Å²) in [5, 5.41) is 11.1. The number of pyridine rings is 1. The van der Waals surface area contributed by atoms with E-state index in [1.807, 2.05) is 18.2 Å². The van der Waals surface area contributed by atoms with Gasteiger partial charge in [-0.3, -0.25) is 4.98 Å². The fourth-order valence-electron chi connectivity index (χ4n) is 3.62. The first kappa shape index (κ1) is 14.1. The molecule has 0 amide bonds. The van der Waals surface area contributed by atoms with Gasteiger partial charge in [-0.2, -0.15) is 0 Å². The van der Waals surface area contributed by atoms with Gasteiger partial charge < -0.3 is 10.8 Å². The molecule has 0 spiro atoms. The van der Waals surface area contributed by atoms with Gasteiger partial charge in [-0.05, 0) is 24.5 Å². The Morgan fingerprint density at radius 1 is 1.05 bits per heavy atom. The zero-order valence-corrected chi connectivity index (χ0v) is 12.2. The molecule has 3 heteroatoms. The zero-order valence-electron chi connectivity index (χ0n) is 12.2. The molecule has 0 aliphatic heterocycles. The number of hydrogen-bond acceptors (Lipinski definition) is 3. The standard InChI is InChI=1S/C18H22N2O/c19-16-9-12-20-13-15(16)17(21)18(10-5-2-6-11-18)14-7-3-1-4-8-14/h1,3-4,7-9,12-13,17,21H,2,5-6,10-11H2,(H2,19,20). The normalized spacial score (nSPS) is 19.1. The Labute approximate surface area is 125 Å². The molecule has 21 heavy (non-hydrogen) atoms. The van der Waals surface area contributed by atoms with E-state index in [1.165, 1.54) is 12.0 Å². The fourth-order valence-corrected chi connectivity index (χ4v) is 3.62. The summed E-state index contributed by atoms with van der Waals surface area (Å²) in [5.74, 6) is 0. The summed E-state index contributed by atoms with van der Waals surface area (Å²) < 4.78 is 0. The predicted molar refractivity (Wildman–Crippen MR) is 84.8 cm³/mol. The van der Waals surface area contributed by atoms with Crippen molar-refractivity contribution in [1.82, 2.24) is 4.98 Å². The van der Waals surface area contributed by atoms with E-state index in [4.69, 9.17) is 5.73 Å². The minimum Gasteiger partial charge on any atom is -0.398 e. The third-order valence-corrected chi connectivity index (χ3v) is 4.80. The highest BCUT2D eigenvalue weighted by Gasteiger charge is 2.41. The minimum atomic E-state index is -0.603. The number of aliphatic hydroxyl groups excluding tert-OH is 1. The lowest BCUT2D eigenvalue weighted by Crippen LogP contribution is -2.36. The maximum absolute atomic E-state index is 11.1. The van der Waals surface area contributed by atoms with Crippen LogP contribution in [0.25, 0.3) is 0 Å². The van der Waals surface area contributed by atoms with Crippen LogP contribution in [0.1, 0.15) is 49.3 Å². The van der Waals surface area contributed by atoms with Gasteiger partial charge in [0, 0.05) is 29.1 Å². The molecule has 0 radical (unpaired) electrons. The summed E-state index contributed by atoms with van der Waals surface area (Å²) in [7, 11) is 0. The largest absolute Gasteiger partial charge is 0.398 e. The molecule has 3 N–H and O–H groups in total. The van der Waals surface area contributed by atoms with E-state index in [0.717, 1.165) is 31.2 Å². The van der Waals surface area contributed by atoms with Crippen LogP contribution >= 0.6 is 0 Å². The van der Waals surface area contributed by atoms with Crippen molar-refractivity contribution in [1.29, 1.82) is 0 Å². The Balaban J connectivity index is 2.06.